The third kappa shape index (κ3) is 2.71. The largest absolute Gasteiger partial charge is 0.312 e. The highest BCUT2D eigenvalue weighted by atomic mass is 79.9. The predicted octanol–water partition coefficient (Wildman–Crippen LogP) is 3.33. The molecule has 0 spiro atoms. The number of nitrogens with one attached hydrogen (secondary N) is 1. The second-order valence-electron chi connectivity index (χ2n) is 5.76. The van der Waals surface area contributed by atoms with Crippen LogP contribution in [-0.4, -0.2) is 30.6 Å². The van der Waals surface area contributed by atoms with E-state index in [1.807, 2.05) is 6.07 Å². The maximum absolute atomic E-state index is 14.0. The maximum Gasteiger partial charge on any atom is 0.128 e. The lowest BCUT2D eigenvalue weighted by molar-refractivity contribution is 0.245. The van der Waals surface area contributed by atoms with E-state index in [-0.39, 0.29) is 11.9 Å². The molecule has 2 saturated heterocycles. The van der Waals surface area contributed by atoms with Crippen molar-refractivity contribution < 1.29 is 4.39 Å². The van der Waals surface area contributed by atoms with Crippen molar-refractivity contribution in [2.24, 2.45) is 5.92 Å². The molecule has 0 amide bonds. The molecule has 0 aromatic heterocycles. The van der Waals surface area contributed by atoms with Gasteiger partial charge in [-0.1, -0.05) is 15.9 Å². The van der Waals surface area contributed by atoms with Crippen LogP contribution in [0, 0.1) is 11.7 Å². The molecule has 0 aliphatic carbocycles. The Bertz CT molecular complexity index is 451. The van der Waals surface area contributed by atoms with Gasteiger partial charge in [-0.3, -0.25) is 4.90 Å². The Kier molecular flexibility index (Phi) is 3.92. The third-order valence-electron chi connectivity index (χ3n) is 4.58. The van der Waals surface area contributed by atoms with E-state index in [0.29, 0.717) is 6.04 Å². The summed E-state index contributed by atoms with van der Waals surface area (Å²) in [7, 11) is 0. The summed E-state index contributed by atoms with van der Waals surface area (Å²) >= 11 is 3.44. The molecular formula is C15H20BrFN2. The molecule has 0 radical (unpaired) electrons. The number of hydrogen-bond acceptors (Lipinski definition) is 2. The van der Waals surface area contributed by atoms with Crippen molar-refractivity contribution >= 4 is 15.9 Å². The Morgan fingerprint density at radius 3 is 3.05 bits per heavy atom. The zero-order chi connectivity index (χ0) is 13.4. The van der Waals surface area contributed by atoms with E-state index >= 15 is 0 Å². The quantitative estimate of drug-likeness (QED) is 0.896. The molecule has 1 aromatic rings. The minimum atomic E-state index is -0.0986. The highest BCUT2D eigenvalue weighted by molar-refractivity contribution is 9.10. The summed E-state index contributed by atoms with van der Waals surface area (Å²) in [5.41, 5.74) is 0.799. The van der Waals surface area contributed by atoms with Crippen molar-refractivity contribution in [2.75, 3.05) is 19.6 Å². The molecule has 0 bridgehead atoms. The number of fused-ring (bicyclic) bond motifs is 1. The number of rotatable bonds is 2. The first-order valence-corrected chi connectivity index (χ1v) is 7.87. The molecule has 2 aliphatic rings. The molecule has 2 nitrogen and oxygen atoms in total. The molecular weight excluding hydrogens is 307 g/mol. The van der Waals surface area contributed by atoms with E-state index in [9.17, 15) is 4.39 Å². The maximum atomic E-state index is 14.0. The lowest BCUT2D eigenvalue weighted by atomic mass is 9.94. The van der Waals surface area contributed by atoms with Crippen molar-refractivity contribution in [3.05, 3.63) is 34.1 Å². The molecule has 3 atom stereocenters. The Hall–Kier alpha value is -0.450. The zero-order valence-electron chi connectivity index (χ0n) is 11.2. The molecule has 19 heavy (non-hydrogen) atoms. The summed E-state index contributed by atoms with van der Waals surface area (Å²) in [4.78, 5) is 2.42. The van der Waals surface area contributed by atoms with Gasteiger partial charge < -0.3 is 5.32 Å². The first kappa shape index (κ1) is 13.5. The highest BCUT2D eigenvalue weighted by Crippen LogP contribution is 2.33. The number of halogens is 2. The molecule has 3 rings (SSSR count). The normalized spacial score (nSPS) is 29.2. The standard InChI is InChI=1S/C15H20BrFN2/c1-10(13-7-12(16)4-5-14(13)17)19-8-11-3-2-6-18-15(11)9-19/h4-5,7,10-11,15,18H,2-3,6,8-9H2,1H3/t10?,11-,15+/m0/s1. The van der Waals surface area contributed by atoms with Crippen molar-refractivity contribution in [3.8, 4) is 0 Å². The molecule has 104 valence electrons. The first-order valence-electron chi connectivity index (χ1n) is 7.07. The Labute approximate surface area is 122 Å². The number of benzene rings is 1. The fourth-order valence-electron chi connectivity index (χ4n) is 3.43. The Morgan fingerprint density at radius 1 is 1.42 bits per heavy atom. The summed E-state index contributed by atoms with van der Waals surface area (Å²) in [6.45, 7) is 5.37. The van der Waals surface area contributed by atoms with Crippen LogP contribution in [0.1, 0.15) is 31.4 Å². The van der Waals surface area contributed by atoms with Crippen molar-refractivity contribution in [1.29, 1.82) is 0 Å². The molecule has 2 fully saturated rings. The van der Waals surface area contributed by atoms with Gasteiger partial charge in [0.25, 0.3) is 0 Å². The molecule has 2 heterocycles. The van der Waals surface area contributed by atoms with Crippen LogP contribution in [-0.2, 0) is 0 Å². The predicted molar refractivity (Wildman–Crippen MR) is 78.6 cm³/mol. The van der Waals surface area contributed by atoms with Crippen molar-refractivity contribution in [3.63, 3.8) is 0 Å². The minimum Gasteiger partial charge on any atom is -0.312 e. The Balaban J connectivity index is 1.77. The van der Waals surface area contributed by atoms with Gasteiger partial charge in [-0.2, -0.15) is 0 Å². The summed E-state index contributed by atoms with van der Waals surface area (Å²) in [6.07, 6.45) is 2.58. The van der Waals surface area contributed by atoms with Gasteiger partial charge in [-0.15, -0.1) is 0 Å². The number of likely N-dealkylation sites (tertiary alicyclic amines) is 1. The van der Waals surface area contributed by atoms with Gasteiger partial charge in [-0.25, -0.2) is 4.39 Å². The molecule has 4 heteroatoms. The van der Waals surface area contributed by atoms with Crippen LogP contribution >= 0.6 is 15.9 Å². The van der Waals surface area contributed by atoms with Crippen LogP contribution in [0.4, 0.5) is 4.39 Å². The Morgan fingerprint density at radius 2 is 2.26 bits per heavy atom. The monoisotopic (exact) mass is 326 g/mol. The zero-order valence-corrected chi connectivity index (χ0v) is 12.8. The molecule has 1 aromatic carbocycles. The van der Waals surface area contributed by atoms with Crippen LogP contribution in [0.15, 0.2) is 22.7 Å². The number of hydrogen-bond donors (Lipinski definition) is 1. The fraction of sp³-hybridized carbons (Fsp3) is 0.600. The number of nitrogens with zero attached hydrogens (tertiary/aromatic N) is 1. The van der Waals surface area contributed by atoms with Crippen LogP contribution < -0.4 is 5.32 Å². The highest BCUT2D eigenvalue weighted by Gasteiger charge is 2.36. The number of piperidine rings is 1. The van der Waals surface area contributed by atoms with Crippen LogP contribution in [0.2, 0.25) is 0 Å². The second kappa shape index (κ2) is 5.51. The smallest absolute Gasteiger partial charge is 0.128 e. The van der Waals surface area contributed by atoms with Gasteiger partial charge in [-0.05, 0) is 50.4 Å². The van der Waals surface area contributed by atoms with E-state index in [0.717, 1.165) is 35.6 Å². The lowest BCUT2D eigenvalue weighted by Gasteiger charge is -2.25. The summed E-state index contributed by atoms with van der Waals surface area (Å²) in [6, 6.07) is 5.97. The lowest BCUT2D eigenvalue weighted by Crippen LogP contribution is -2.40. The van der Waals surface area contributed by atoms with Crippen LogP contribution in [0.5, 0.6) is 0 Å². The van der Waals surface area contributed by atoms with Gasteiger partial charge in [0.15, 0.2) is 0 Å². The minimum absolute atomic E-state index is 0.0986. The average Bonchev–Trinajstić information content (AvgIpc) is 2.84. The second-order valence-corrected chi connectivity index (χ2v) is 6.67. The topological polar surface area (TPSA) is 15.3 Å². The van der Waals surface area contributed by atoms with E-state index in [1.54, 1.807) is 12.1 Å². The van der Waals surface area contributed by atoms with Crippen LogP contribution in [0.25, 0.3) is 0 Å². The van der Waals surface area contributed by atoms with Gasteiger partial charge >= 0.3 is 0 Å². The summed E-state index contributed by atoms with van der Waals surface area (Å²) in [5.74, 6) is 0.643. The first-order chi connectivity index (χ1) is 9.15. The summed E-state index contributed by atoms with van der Waals surface area (Å²) in [5, 5.41) is 3.60. The molecule has 1 unspecified atom stereocenters. The average molecular weight is 327 g/mol. The molecule has 1 N–H and O–H groups in total. The van der Waals surface area contributed by atoms with E-state index in [4.69, 9.17) is 0 Å². The van der Waals surface area contributed by atoms with E-state index in [1.165, 1.54) is 12.8 Å². The van der Waals surface area contributed by atoms with Crippen LogP contribution in [0.3, 0.4) is 0 Å². The van der Waals surface area contributed by atoms with Gasteiger partial charge in [0.05, 0.1) is 0 Å². The third-order valence-corrected chi connectivity index (χ3v) is 5.08. The molecule has 2 aliphatic heterocycles. The molecule has 0 saturated carbocycles. The van der Waals surface area contributed by atoms with Crippen molar-refractivity contribution in [2.45, 2.75) is 31.8 Å². The SMILES string of the molecule is CC(c1cc(Br)ccc1F)N1C[C@@H]2CCCN[C@@H]2C1. The fourth-order valence-corrected chi connectivity index (χ4v) is 3.81. The van der Waals surface area contributed by atoms with Crippen molar-refractivity contribution in [1.82, 2.24) is 10.2 Å². The van der Waals surface area contributed by atoms with Gasteiger partial charge in [0.2, 0.25) is 0 Å². The summed E-state index contributed by atoms with van der Waals surface area (Å²) < 4.78 is 14.9. The van der Waals surface area contributed by atoms with E-state index in [2.05, 4.69) is 33.1 Å². The van der Waals surface area contributed by atoms with Gasteiger partial charge in [0, 0.05) is 35.2 Å². The van der Waals surface area contributed by atoms with E-state index < -0.39 is 0 Å². The van der Waals surface area contributed by atoms with Gasteiger partial charge in [0.1, 0.15) is 5.82 Å².